The molecule has 0 unspecified atom stereocenters. The van der Waals surface area contributed by atoms with Gasteiger partial charge in [0.15, 0.2) is 0 Å². The van der Waals surface area contributed by atoms with Crippen molar-refractivity contribution in [2.24, 2.45) is 0 Å². The molecule has 0 saturated carbocycles. The van der Waals surface area contributed by atoms with E-state index in [0.29, 0.717) is 17.1 Å². The zero-order chi connectivity index (χ0) is 13.1. The van der Waals surface area contributed by atoms with E-state index in [1.807, 2.05) is 17.5 Å². The maximum atomic E-state index is 12.2. The largest absolute Gasteiger partial charge is 0.384 e. The Morgan fingerprint density at radius 2 is 2.39 bits per heavy atom. The molecule has 0 aliphatic rings. The average Bonchev–Trinajstić information content (AvgIpc) is 2.84. The second kappa shape index (κ2) is 5.37. The Labute approximate surface area is 114 Å². The van der Waals surface area contributed by atoms with E-state index in [1.54, 1.807) is 23.3 Å². The van der Waals surface area contributed by atoms with Gasteiger partial charge in [0, 0.05) is 18.1 Å². The van der Waals surface area contributed by atoms with E-state index >= 15 is 0 Å². The highest BCUT2D eigenvalue weighted by atomic mass is 35.5. The van der Waals surface area contributed by atoms with Gasteiger partial charge in [-0.05, 0) is 17.5 Å². The number of aromatic nitrogens is 1. The monoisotopic (exact) mass is 281 g/mol. The van der Waals surface area contributed by atoms with Crippen LogP contribution >= 0.6 is 22.9 Å². The Kier molecular flexibility index (Phi) is 3.84. The maximum absolute atomic E-state index is 12.2. The van der Waals surface area contributed by atoms with Crippen LogP contribution in [0, 0.1) is 0 Å². The molecule has 2 aromatic rings. The number of hydrogen-bond donors (Lipinski definition) is 1. The van der Waals surface area contributed by atoms with Crippen molar-refractivity contribution < 1.29 is 4.79 Å². The molecule has 6 heteroatoms. The van der Waals surface area contributed by atoms with Gasteiger partial charge in [-0.1, -0.05) is 17.7 Å². The van der Waals surface area contributed by atoms with Crippen LogP contribution in [0.2, 0.25) is 5.02 Å². The van der Waals surface area contributed by atoms with Crippen molar-refractivity contribution in [3.05, 3.63) is 45.2 Å². The highest BCUT2D eigenvalue weighted by molar-refractivity contribution is 7.09. The third kappa shape index (κ3) is 2.80. The fourth-order valence-electron chi connectivity index (χ4n) is 1.53. The molecule has 0 radical (unpaired) electrons. The molecule has 2 N–H and O–H groups in total. The molecule has 0 saturated heterocycles. The number of amides is 1. The molecule has 4 nitrogen and oxygen atoms in total. The summed E-state index contributed by atoms with van der Waals surface area (Å²) in [5, 5.41) is 2.29. The van der Waals surface area contributed by atoms with E-state index in [9.17, 15) is 4.79 Å². The summed E-state index contributed by atoms with van der Waals surface area (Å²) in [6.07, 6.45) is 1.39. The summed E-state index contributed by atoms with van der Waals surface area (Å²) < 4.78 is 0. The predicted molar refractivity (Wildman–Crippen MR) is 73.8 cm³/mol. The summed E-state index contributed by atoms with van der Waals surface area (Å²) in [6.45, 7) is 0.551. The molecular formula is C12H12ClN3OS. The lowest BCUT2D eigenvalue weighted by molar-refractivity contribution is 0.0786. The lowest BCUT2D eigenvalue weighted by Crippen LogP contribution is -2.26. The molecule has 94 valence electrons. The van der Waals surface area contributed by atoms with Crippen LogP contribution in [0.5, 0.6) is 0 Å². The number of nitrogens with two attached hydrogens (primary N) is 1. The number of halogens is 1. The minimum absolute atomic E-state index is 0.164. The van der Waals surface area contributed by atoms with Crippen LogP contribution in [-0.2, 0) is 6.54 Å². The van der Waals surface area contributed by atoms with Gasteiger partial charge in [-0.15, -0.1) is 11.3 Å². The topological polar surface area (TPSA) is 59.2 Å². The second-order valence-corrected chi connectivity index (χ2v) is 5.27. The molecule has 0 spiro atoms. The number of carbonyl (C=O) groups excluding carboxylic acids is 1. The van der Waals surface area contributed by atoms with Gasteiger partial charge in [-0.2, -0.15) is 0 Å². The number of hydrogen-bond acceptors (Lipinski definition) is 4. The zero-order valence-corrected chi connectivity index (χ0v) is 11.3. The first-order valence-corrected chi connectivity index (χ1v) is 6.52. The minimum atomic E-state index is -0.164. The van der Waals surface area contributed by atoms with Crippen LogP contribution in [0.15, 0.2) is 29.8 Å². The molecule has 0 bridgehead atoms. The van der Waals surface area contributed by atoms with E-state index < -0.39 is 0 Å². The van der Waals surface area contributed by atoms with E-state index in [2.05, 4.69) is 4.98 Å². The molecule has 2 heterocycles. The summed E-state index contributed by atoms with van der Waals surface area (Å²) in [4.78, 5) is 18.8. The molecular weight excluding hydrogens is 270 g/mol. The van der Waals surface area contributed by atoms with Crippen LogP contribution in [-0.4, -0.2) is 22.8 Å². The molecule has 18 heavy (non-hydrogen) atoms. The Balaban J connectivity index is 2.17. The maximum Gasteiger partial charge on any atom is 0.255 e. The Morgan fingerprint density at radius 1 is 1.61 bits per heavy atom. The van der Waals surface area contributed by atoms with Gasteiger partial charge >= 0.3 is 0 Å². The number of pyridine rings is 1. The van der Waals surface area contributed by atoms with Crippen molar-refractivity contribution in [2.75, 3.05) is 12.8 Å². The van der Waals surface area contributed by atoms with Crippen LogP contribution in [0.1, 0.15) is 15.2 Å². The normalized spacial score (nSPS) is 10.3. The summed E-state index contributed by atoms with van der Waals surface area (Å²) >= 11 is 7.56. The summed E-state index contributed by atoms with van der Waals surface area (Å²) in [5.74, 6) is 0.120. The Morgan fingerprint density at radius 3 is 3.06 bits per heavy atom. The average molecular weight is 282 g/mol. The Bertz CT molecular complexity index is 556. The van der Waals surface area contributed by atoms with Gasteiger partial charge in [0.2, 0.25) is 0 Å². The number of rotatable bonds is 3. The second-order valence-electron chi connectivity index (χ2n) is 3.83. The quantitative estimate of drug-likeness (QED) is 0.941. The van der Waals surface area contributed by atoms with Crippen molar-refractivity contribution in [1.29, 1.82) is 0 Å². The van der Waals surface area contributed by atoms with E-state index in [4.69, 9.17) is 17.3 Å². The van der Waals surface area contributed by atoms with Crippen molar-refractivity contribution in [3.8, 4) is 0 Å². The Hall–Kier alpha value is -1.59. The summed E-state index contributed by atoms with van der Waals surface area (Å²) in [7, 11) is 1.73. The highest BCUT2D eigenvalue weighted by Crippen LogP contribution is 2.19. The lowest BCUT2D eigenvalue weighted by atomic mass is 10.2. The fourth-order valence-corrected chi connectivity index (χ4v) is 2.47. The third-order valence-electron chi connectivity index (χ3n) is 2.43. The van der Waals surface area contributed by atoms with Crippen LogP contribution in [0.3, 0.4) is 0 Å². The van der Waals surface area contributed by atoms with Crippen molar-refractivity contribution >= 4 is 34.7 Å². The highest BCUT2D eigenvalue weighted by Gasteiger charge is 2.16. The van der Waals surface area contributed by atoms with Gasteiger partial charge in [-0.25, -0.2) is 4.98 Å². The van der Waals surface area contributed by atoms with Gasteiger partial charge in [0.25, 0.3) is 5.91 Å². The third-order valence-corrected chi connectivity index (χ3v) is 3.59. The standard InChI is InChI=1S/C12H12ClN3OS/c1-16(7-8-3-2-4-18-8)12(17)9-5-11(14)15-6-10(9)13/h2-6H,7H2,1H3,(H2,14,15). The molecule has 0 fully saturated rings. The first-order valence-electron chi connectivity index (χ1n) is 5.27. The fraction of sp³-hybridized carbons (Fsp3) is 0.167. The van der Waals surface area contributed by atoms with Gasteiger partial charge in [-0.3, -0.25) is 4.79 Å². The molecule has 0 atom stereocenters. The molecule has 0 aromatic carbocycles. The molecule has 0 aliphatic carbocycles. The minimum Gasteiger partial charge on any atom is -0.384 e. The molecule has 1 amide bonds. The number of anilines is 1. The SMILES string of the molecule is CN(Cc1cccs1)C(=O)c1cc(N)ncc1Cl. The van der Waals surface area contributed by atoms with Gasteiger partial charge < -0.3 is 10.6 Å². The number of thiophene rings is 1. The number of nitrogens with zero attached hydrogens (tertiary/aromatic N) is 2. The smallest absolute Gasteiger partial charge is 0.255 e. The van der Waals surface area contributed by atoms with Crippen LogP contribution in [0.4, 0.5) is 5.82 Å². The lowest BCUT2D eigenvalue weighted by Gasteiger charge is -2.17. The molecule has 2 rings (SSSR count). The number of nitrogen functional groups attached to an aromatic ring is 1. The number of carbonyl (C=O) groups is 1. The molecule has 2 aromatic heterocycles. The van der Waals surface area contributed by atoms with Crippen molar-refractivity contribution in [3.63, 3.8) is 0 Å². The predicted octanol–water partition coefficient (Wildman–Crippen LogP) is 2.65. The van der Waals surface area contributed by atoms with Crippen molar-refractivity contribution in [1.82, 2.24) is 9.88 Å². The van der Waals surface area contributed by atoms with E-state index in [1.165, 1.54) is 12.3 Å². The zero-order valence-electron chi connectivity index (χ0n) is 9.76. The van der Waals surface area contributed by atoms with E-state index in [-0.39, 0.29) is 11.7 Å². The van der Waals surface area contributed by atoms with Crippen LogP contribution in [0.25, 0.3) is 0 Å². The first kappa shape index (κ1) is 12.9. The van der Waals surface area contributed by atoms with E-state index in [0.717, 1.165) is 4.88 Å². The molecule has 0 aliphatic heterocycles. The van der Waals surface area contributed by atoms with Gasteiger partial charge in [0.05, 0.1) is 17.1 Å². The first-order chi connectivity index (χ1) is 8.58. The summed E-state index contributed by atoms with van der Waals surface area (Å²) in [6, 6.07) is 5.43. The van der Waals surface area contributed by atoms with Crippen molar-refractivity contribution in [2.45, 2.75) is 6.54 Å². The summed E-state index contributed by atoms with van der Waals surface area (Å²) in [5.41, 5.74) is 5.94. The van der Waals surface area contributed by atoms with Crippen LogP contribution < -0.4 is 5.73 Å². The van der Waals surface area contributed by atoms with Gasteiger partial charge in [0.1, 0.15) is 5.82 Å².